The molecule has 0 bridgehead atoms. The number of nitrogens with one attached hydrogen (secondary N) is 2. The molecule has 2 aromatic carbocycles. The summed E-state index contributed by atoms with van der Waals surface area (Å²) in [6, 6.07) is 14.4. The molecule has 2 aromatic rings. The minimum absolute atomic E-state index is 0.0269. The highest BCUT2D eigenvalue weighted by atomic mass is 79.9. The van der Waals surface area contributed by atoms with Crippen molar-refractivity contribution < 1.29 is 4.79 Å². The molecule has 1 aliphatic rings. The number of carbonyl (C=O) groups is 1. The highest BCUT2D eigenvalue weighted by molar-refractivity contribution is 9.10. The van der Waals surface area contributed by atoms with Gasteiger partial charge in [0, 0.05) is 10.7 Å². The van der Waals surface area contributed by atoms with Crippen molar-refractivity contribution in [3.8, 4) is 0 Å². The van der Waals surface area contributed by atoms with E-state index in [4.69, 9.17) is 0 Å². The third kappa shape index (κ3) is 4.76. The maximum absolute atomic E-state index is 12.3. The van der Waals surface area contributed by atoms with Gasteiger partial charge in [-0.05, 0) is 66.5 Å². The Morgan fingerprint density at radius 3 is 2.69 bits per heavy atom. The Kier molecular flexibility index (Phi) is 6.51. The summed E-state index contributed by atoms with van der Waals surface area (Å²) in [4.78, 5) is 12.3. The zero-order chi connectivity index (χ0) is 18.4. The van der Waals surface area contributed by atoms with Gasteiger partial charge in [0.05, 0.1) is 6.04 Å². The molecule has 0 saturated heterocycles. The molecule has 0 saturated carbocycles. The first-order valence-electron chi connectivity index (χ1n) is 9.27. The van der Waals surface area contributed by atoms with Crippen molar-refractivity contribution in [2.24, 2.45) is 0 Å². The summed E-state index contributed by atoms with van der Waals surface area (Å²) < 4.78 is 0.999. The van der Waals surface area contributed by atoms with Gasteiger partial charge in [-0.2, -0.15) is 0 Å². The quantitative estimate of drug-likeness (QED) is 0.644. The zero-order valence-corrected chi connectivity index (χ0v) is 16.7. The lowest BCUT2D eigenvalue weighted by Crippen LogP contribution is -2.35. The van der Waals surface area contributed by atoms with Crippen molar-refractivity contribution in [1.29, 1.82) is 0 Å². The van der Waals surface area contributed by atoms with Crippen LogP contribution < -0.4 is 10.6 Å². The lowest BCUT2D eigenvalue weighted by molar-refractivity contribution is 0.240. The number of carbonyl (C=O) groups excluding carboxylic acids is 1. The van der Waals surface area contributed by atoms with Crippen molar-refractivity contribution in [2.75, 3.05) is 0 Å². The molecule has 4 heteroatoms. The second-order valence-electron chi connectivity index (χ2n) is 6.67. The number of amides is 2. The number of hydrogen-bond donors (Lipinski definition) is 2. The highest BCUT2D eigenvalue weighted by Gasteiger charge is 2.15. The van der Waals surface area contributed by atoms with Gasteiger partial charge in [0.1, 0.15) is 0 Å². The monoisotopic (exact) mass is 412 g/mol. The van der Waals surface area contributed by atoms with Crippen LogP contribution in [0, 0.1) is 0 Å². The molecule has 26 heavy (non-hydrogen) atoms. The fourth-order valence-electron chi connectivity index (χ4n) is 3.41. The maximum Gasteiger partial charge on any atom is 0.319 e. The van der Waals surface area contributed by atoms with Gasteiger partial charge in [0.25, 0.3) is 0 Å². The van der Waals surface area contributed by atoms with Crippen LogP contribution >= 0.6 is 15.9 Å². The van der Waals surface area contributed by atoms with E-state index in [1.807, 2.05) is 30.3 Å². The van der Waals surface area contributed by atoms with Gasteiger partial charge in [-0.15, -0.1) is 0 Å². The van der Waals surface area contributed by atoms with Crippen molar-refractivity contribution >= 4 is 28.0 Å². The van der Waals surface area contributed by atoms with Crippen LogP contribution in [0.4, 0.5) is 4.79 Å². The SMILES string of the molecule is CCC(NC(=O)N/C=C/c1ccccc1Br)c1ccc2c(c1)CCCC2. The normalized spacial score (nSPS) is 14.7. The number of aryl methyl sites for hydroxylation is 2. The van der Waals surface area contributed by atoms with Crippen LogP contribution in [0.1, 0.15) is 54.5 Å². The Bertz CT molecular complexity index is 800. The lowest BCUT2D eigenvalue weighted by Gasteiger charge is -2.21. The molecule has 2 amide bonds. The standard InChI is InChI=1S/C22H25BrN2O/c1-2-21(19-12-11-16-7-3-4-9-18(16)15-19)25-22(26)24-14-13-17-8-5-6-10-20(17)23/h5-6,8,10-15,21H,2-4,7,9H2,1H3,(H2,24,25,26)/b14-13+. The van der Waals surface area contributed by atoms with E-state index >= 15 is 0 Å². The molecule has 1 aliphatic carbocycles. The van der Waals surface area contributed by atoms with Crippen LogP contribution in [-0.2, 0) is 12.8 Å². The molecule has 0 aromatic heterocycles. The van der Waals surface area contributed by atoms with Crippen LogP contribution in [0.5, 0.6) is 0 Å². The first-order valence-corrected chi connectivity index (χ1v) is 10.1. The number of halogens is 1. The highest BCUT2D eigenvalue weighted by Crippen LogP contribution is 2.26. The molecule has 2 N–H and O–H groups in total. The molecule has 0 heterocycles. The van der Waals surface area contributed by atoms with Crippen LogP contribution in [0.15, 0.2) is 53.1 Å². The van der Waals surface area contributed by atoms with Gasteiger partial charge >= 0.3 is 6.03 Å². The largest absolute Gasteiger partial charge is 0.331 e. The first kappa shape index (κ1) is 18.7. The van der Waals surface area contributed by atoms with Gasteiger partial charge in [-0.1, -0.05) is 59.3 Å². The van der Waals surface area contributed by atoms with Gasteiger partial charge < -0.3 is 10.6 Å². The van der Waals surface area contributed by atoms with E-state index in [-0.39, 0.29) is 12.1 Å². The molecule has 0 aliphatic heterocycles. The lowest BCUT2D eigenvalue weighted by atomic mass is 9.89. The Balaban J connectivity index is 1.61. The molecule has 3 nitrogen and oxygen atoms in total. The zero-order valence-electron chi connectivity index (χ0n) is 15.1. The Hall–Kier alpha value is -2.07. The van der Waals surface area contributed by atoms with E-state index in [1.165, 1.54) is 36.0 Å². The average molecular weight is 413 g/mol. The minimum Gasteiger partial charge on any atom is -0.331 e. The van der Waals surface area contributed by atoms with E-state index in [2.05, 4.69) is 51.7 Å². The van der Waals surface area contributed by atoms with Crippen LogP contribution in [0.2, 0.25) is 0 Å². The van der Waals surface area contributed by atoms with Crippen LogP contribution in [-0.4, -0.2) is 6.03 Å². The molecular weight excluding hydrogens is 388 g/mol. The fourth-order valence-corrected chi connectivity index (χ4v) is 3.83. The Labute approximate surface area is 164 Å². The Morgan fingerprint density at radius 2 is 1.92 bits per heavy atom. The van der Waals surface area contributed by atoms with Crippen molar-refractivity contribution in [3.63, 3.8) is 0 Å². The van der Waals surface area contributed by atoms with E-state index < -0.39 is 0 Å². The second kappa shape index (κ2) is 9.04. The predicted molar refractivity (Wildman–Crippen MR) is 111 cm³/mol. The van der Waals surface area contributed by atoms with Crippen LogP contribution in [0.25, 0.3) is 6.08 Å². The second-order valence-corrected chi connectivity index (χ2v) is 7.52. The Morgan fingerprint density at radius 1 is 1.15 bits per heavy atom. The summed E-state index contributed by atoms with van der Waals surface area (Å²) in [5.41, 5.74) is 5.13. The summed E-state index contributed by atoms with van der Waals surface area (Å²) in [6.07, 6.45) is 9.30. The van der Waals surface area contributed by atoms with Gasteiger partial charge in [0.2, 0.25) is 0 Å². The number of benzene rings is 2. The predicted octanol–water partition coefficient (Wildman–Crippen LogP) is 5.75. The smallest absolute Gasteiger partial charge is 0.319 e. The number of urea groups is 1. The van der Waals surface area contributed by atoms with E-state index in [0.29, 0.717) is 0 Å². The molecular formula is C22H25BrN2O. The average Bonchev–Trinajstić information content (AvgIpc) is 2.67. The molecule has 1 atom stereocenters. The minimum atomic E-state index is -0.183. The van der Waals surface area contributed by atoms with Crippen molar-refractivity contribution in [1.82, 2.24) is 10.6 Å². The van der Waals surface area contributed by atoms with E-state index in [0.717, 1.165) is 22.9 Å². The number of rotatable bonds is 5. The third-order valence-corrected chi connectivity index (χ3v) is 5.59. The molecule has 3 rings (SSSR count). The maximum atomic E-state index is 12.3. The van der Waals surface area contributed by atoms with E-state index in [9.17, 15) is 4.79 Å². The topological polar surface area (TPSA) is 41.1 Å². The molecule has 1 unspecified atom stereocenters. The summed E-state index contributed by atoms with van der Waals surface area (Å²) >= 11 is 3.50. The molecule has 0 fully saturated rings. The summed E-state index contributed by atoms with van der Waals surface area (Å²) in [5, 5.41) is 5.88. The van der Waals surface area contributed by atoms with E-state index in [1.54, 1.807) is 6.20 Å². The summed E-state index contributed by atoms with van der Waals surface area (Å²) in [5.74, 6) is 0. The number of hydrogen-bond acceptors (Lipinski definition) is 1. The summed E-state index contributed by atoms with van der Waals surface area (Å²) in [7, 11) is 0. The van der Waals surface area contributed by atoms with Gasteiger partial charge in [-0.25, -0.2) is 4.79 Å². The van der Waals surface area contributed by atoms with Crippen molar-refractivity contribution in [2.45, 2.75) is 45.1 Å². The van der Waals surface area contributed by atoms with Crippen molar-refractivity contribution in [3.05, 3.63) is 75.4 Å². The van der Waals surface area contributed by atoms with Gasteiger partial charge in [0.15, 0.2) is 0 Å². The fraction of sp³-hybridized carbons (Fsp3) is 0.318. The number of fused-ring (bicyclic) bond motifs is 1. The molecule has 136 valence electrons. The molecule has 0 radical (unpaired) electrons. The van der Waals surface area contributed by atoms with Crippen LogP contribution in [0.3, 0.4) is 0 Å². The third-order valence-electron chi connectivity index (χ3n) is 4.87. The molecule has 0 spiro atoms. The first-order chi connectivity index (χ1) is 12.7. The van der Waals surface area contributed by atoms with Gasteiger partial charge in [-0.3, -0.25) is 0 Å². The summed E-state index contributed by atoms with van der Waals surface area (Å²) in [6.45, 7) is 2.10.